The van der Waals surface area contributed by atoms with Crippen LogP contribution in [0.5, 0.6) is 0 Å². The standard InChI is InChI=1S/C15H19N5O/c16-15(21)14-9-13(4-8-20-14)19-7-2-6-18-11-12-3-1-5-17-10-12/h1,3-5,8-10,18H,2,6-7,11H2,(H2,16,21)(H,19,20). The van der Waals surface area contributed by atoms with Gasteiger partial charge in [-0.2, -0.15) is 0 Å². The number of rotatable bonds is 8. The summed E-state index contributed by atoms with van der Waals surface area (Å²) in [5, 5.41) is 6.59. The molecule has 0 radical (unpaired) electrons. The van der Waals surface area contributed by atoms with Crippen molar-refractivity contribution < 1.29 is 4.79 Å². The minimum absolute atomic E-state index is 0.273. The fraction of sp³-hybridized carbons (Fsp3) is 0.267. The Bertz CT molecular complexity index is 573. The lowest BCUT2D eigenvalue weighted by Gasteiger charge is -2.08. The number of pyridine rings is 2. The summed E-state index contributed by atoms with van der Waals surface area (Å²) < 4.78 is 0. The summed E-state index contributed by atoms with van der Waals surface area (Å²) in [7, 11) is 0. The van der Waals surface area contributed by atoms with E-state index in [0.29, 0.717) is 0 Å². The molecule has 21 heavy (non-hydrogen) atoms. The summed E-state index contributed by atoms with van der Waals surface area (Å²) in [6.45, 7) is 2.52. The average Bonchev–Trinajstić information content (AvgIpc) is 2.52. The number of aromatic nitrogens is 2. The predicted molar refractivity (Wildman–Crippen MR) is 81.8 cm³/mol. The monoisotopic (exact) mass is 285 g/mol. The molecule has 0 unspecified atom stereocenters. The number of primary amides is 1. The molecule has 6 heteroatoms. The van der Waals surface area contributed by atoms with E-state index < -0.39 is 5.91 Å². The largest absolute Gasteiger partial charge is 0.385 e. The lowest BCUT2D eigenvalue weighted by atomic mass is 10.3. The van der Waals surface area contributed by atoms with E-state index in [1.807, 2.05) is 24.4 Å². The van der Waals surface area contributed by atoms with Crippen molar-refractivity contribution in [1.29, 1.82) is 0 Å². The Balaban J connectivity index is 1.64. The second-order valence-corrected chi connectivity index (χ2v) is 4.61. The zero-order valence-corrected chi connectivity index (χ0v) is 11.7. The molecule has 0 atom stereocenters. The summed E-state index contributed by atoms with van der Waals surface area (Å²) in [5.41, 5.74) is 7.49. The summed E-state index contributed by atoms with van der Waals surface area (Å²) in [6.07, 6.45) is 6.16. The van der Waals surface area contributed by atoms with Crippen molar-refractivity contribution in [2.24, 2.45) is 5.73 Å². The Morgan fingerprint density at radius 3 is 2.90 bits per heavy atom. The van der Waals surface area contributed by atoms with Crippen LogP contribution in [0.15, 0.2) is 42.9 Å². The maximum atomic E-state index is 11.0. The highest BCUT2D eigenvalue weighted by atomic mass is 16.1. The van der Waals surface area contributed by atoms with Crippen molar-refractivity contribution in [3.63, 3.8) is 0 Å². The molecule has 0 spiro atoms. The van der Waals surface area contributed by atoms with Gasteiger partial charge in [-0.3, -0.25) is 14.8 Å². The molecule has 1 amide bonds. The van der Waals surface area contributed by atoms with Gasteiger partial charge in [0, 0.05) is 37.4 Å². The number of amides is 1. The highest BCUT2D eigenvalue weighted by molar-refractivity contribution is 5.91. The number of nitrogens with two attached hydrogens (primary N) is 1. The van der Waals surface area contributed by atoms with E-state index in [1.165, 1.54) is 5.56 Å². The average molecular weight is 285 g/mol. The number of carbonyl (C=O) groups excluding carboxylic acids is 1. The number of carbonyl (C=O) groups is 1. The van der Waals surface area contributed by atoms with E-state index >= 15 is 0 Å². The molecule has 0 aromatic carbocycles. The summed E-state index contributed by atoms with van der Waals surface area (Å²) in [6, 6.07) is 7.44. The van der Waals surface area contributed by atoms with Gasteiger partial charge in [0.15, 0.2) is 0 Å². The minimum atomic E-state index is -0.517. The summed E-state index contributed by atoms with van der Waals surface area (Å²) in [5.74, 6) is -0.517. The van der Waals surface area contributed by atoms with Crippen molar-refractivity contribution in [3.8, 4) is 0 Å². The maximum Gasteiger partial charge on any atom is 0.267 e. The number of nitrogens with one attached hydrogen (secondary N) is 2. The van der Waals surface area contributed by atoms with Gasteiger partial charge < -0.3 is 16.4 Å². The van der Waals surface area contributed by atoms with Crippen LogP contribution < -0.4 is 16.4 Å². The van der Waals surface area contributed by atoms with Gasteiger partial charge in [0.1, 0.15) is 5.69 Å². The maximum absolute atomic E-state index is 11.0. The highest BCUT2D eigenvalue weighted by Gasteiger charge is 2.02. The molecule has 2 aromatic rings. The van der Waals surface area contributed by atoms with Gasteiger partial charge in [0.05, 0.1) is 0 Å². The van der Waals surface area contributed by atoms with Gasteiger partial charge in [-0.1, -0.05) is 6.07 Å². The fourth-order valence-electron chi connectivity index (χ4n) is 1.86. The molecule has 6 nitrogen and oxygen atoms in total. The highest BCUT2D eigenvalue weighted by Crippen LogP contribution is 2.07. The first-order chi connectivity index (χ1) is 10.3. The van der Waals surface area contributed by atoms with E-state index in [4.69, 9.17) is 5.73 Å². The molecule has 0 aliphatic carbocycles. The summed E-state index contributed by atoms with van der Waals surface area (Å²) >= 11 is 0. The van der Waals surface area contributed by atoms with E-state index in [9.17, 15) is 4.79 Å². The Morgan fingerprint density at radius 1 is 1.24 bits per heavy atom. The van der Waals surface area contributed by atoms with Crippen LogP contribution in [-0.4, -0.2) is 29.0 Å². The topological polar surface area (TPSA) is 92.9 Å². The number of hydrogen-bond acceptors (Lipinski definition) is 5. The molecule has 4 N–H and O–H groups in total. The molecule has 2 heterocycles. The molecular formula is C15H19N5O. The van der Waals surface area contributed by atoms with Gasteiger partial charge in [0.25, 0.3) is 5.91 Å². The van der Waals surface area contributed by atoms with Gasteiger partial charge in [-0.05, 0) is 36.7 Å². The van der Waals surface area contributed by atoms with Crippen LogP contribution in [0.25, 0.3) is 0 Å². The first-order valence-corrected chi connectivity index (χ1v) is 6.85. The van der Waals surface area contributed by atoms with Gasteiger partial charge in [-0.25, -0.2) is 0 Å². The first-order valence-electron chi connectivity index (χ1n) is 6.85. The lowest BCUT2D eigenvalue weighted by molar-refractivity contribution is 0.0995. The zero-order valence-electron chi connectivity index (χ0n) is 11.7. The van der Waals surface area contributed by atoms with Crippen LogP contribution in [-0.2, 0) is 6.54 Å². The Labute approximate surface area is 123 Å². The van der Waals surface area contributed by atoms with Crippen molar-refractivity contribution in [3.05, 3.63) is 54.1 Å². The van der Waals surface area contributed by atoms with Crippen molar-refractivity contribution in [2.45, 2.75) is 13.0 Å². The second-order valence-electron chi connectivity index (χ2n) is 4.61. The van der Waals surface area contributed by atoms with E-state index in [1.54, 1.807) is 18.5 Å². The molecule has 0 fully saturated rings. The van der Waals surface area contributed by atoms with E-state index in [-0.39, 0.29) is 5.69 Å². The normalized spacial score (nSPS) is 10.3. The fourth-order valence-corrected chi connectivity index (χ4v) is 1.86. The van der Waals surface area contributed by atoms with Gasteiger partial charge in [-0.15, -0.1) is 0 Å². The third kappa shape index (κ3) is 5.19. The Hall–Kier alpha value is -2.47. The van der Waals surface area contributed by atoms with Crippen LogP contribution in [0.4, 0.5) is 5.69 Å². The minimum Gasteiger partial charge on any atom is -0.385 e. The van der Waals surface area contributed by atoms with Crippen LogP contribution in [0.2, 0.25) is 0 Å². The smallest absolute Gasteiger partial charge is 0.267 e. The lowest BCUT2D eigenvalue weighted by Crippen LogP contribution is -2.18. The van der Waals surface area contributed by atoms with Crippen LogP contribution in [0.3, 0.4) is 0 Å². The number of nitrogens with zero attached hydrogens (tertiary/aromatic N) is 2. The first kappa shape index (κ1) is 14.9. The summed E-state index contributed by atoms with van der Waals surface area (Å²) in [4.78, 5) is 19.0. The quantitative estimate of drug-likeness (QED) is 0.633. The molecule has 0 aliphatic heterocycles. The molecule has 0 saturated carbocycles. The third-order valence-electron chi connectivity index (χ3n) is 2.92. The van der Waals surface area contributed by atoms with Gasteiger partial charge in [0.2, 0.25) is 0 Å². The Kier molecular flexibility index (Phi) is 5.66. The van der Waals surface area contributed by atoms with Crippen LogP contribution in [0, 0.1) is 0 Å². The SMILES string of the molecule is NC(=O)c1cc(NCCCNCc2cccnc2)ccn1. The molecule has 110 valence electrons. The van der Waals surface area contributed by atoms with E-state index in [0.717, 1.165) is 31.7 Å². The second kappa shape index (κ2) is 7.96. The molecule has 2 rings (SSSR count). The molecular weight excluding hydrogens is 266 g/mol. The predicted octanol–water partition coefficient (Wildman–Crippen LogP) is 1.17. The zero-order chi connectivity index (χ0) is 14.9. The number of anilines is 1. The van der Waals surface area contributed by atoms with Gasteiger partial charge >= 0.3 is 0 Å². The van der Waals surface area contributed by atoms with Crippen LogP contribution >= 0.6 is 0 Å². The molecule has 0 aliphatic rings. The molecule has 2 aromatic heterocycles. The van der Waals surface area contributed by atoms with Crippen LogP contribution in [0.1, 0.15) is 22.5 Å². The molecule has 0 bridgehead atoms. The van der Waals surface area contributed by atoms with Crippen molar-refractivity contribution in [2.75, 3.05) is 18.4 Å². The van der Waals surface area contributed by atoms with E-state index in [2.05, 4.69) is 20.6 Å². The Morgan fingerprint density at radius 2 is 2.14 bits per heavy atom. The molecule has 0 saturated heterocycles. The van der Waals surface area contributed by atoms with Crippen molar-refractivity contribution >= 4 is 11.6 Å². The van der Waals surface area contributed by atoms with Crippen molar-refractivity contribution in [1.82, 2.24) is 15.3 Å². The third-order valence-corrected chi connectivity index (χ3v) is 2.92. The number of hydrogen-bond donors (Lipinski definition) is 3.